The molecule has 2 N–H and O–H groups in total. The van der Waals surface area contributed by atoms with E-state index >= 15 is 0 Å². The Hall–Kier alpha value is -1.20. The van der Waals surface area contributed by atoms with E-state index in [1.54, 1.807) is 0 Å². The topological polar surface area (TPSA) is 58.3 Å². The maximum atomic E-state index is 6.20. The monoisotopic (exact) mass is 289 g/mol. The minimum atomic E-state index is 0.237. The van der Waals surface area contributed by atoms with Crippen molar-refractivity contribution in [1.29, 1.82) is 0 Å². The van der Waals surface area contributed by atoms with Crippen LogP contribution >= 0.6 is 0 Å². The molecule has 2 aliphatic rings. The zero-order valence-electron chi connectivity index (χ0n) is 13.0. The zero-order chi connectivity index (χ0) is 14.7. The average Bonchev–Trinajstić information content (AvgIpc) is 2.56. The number of anilines is 1. The molecule has 2 fully saturated rings. The van der Waals surface area contributed by atoms with Crippen molar-refractivity contribution in [3.63, 3.8) is 0 Å². The highest BCUT2D eigenvalue weighted by atomic mass is 15.3. The van der Waals surface area contributed by atoms with Gasteiger partial charge >= 0.3 is 0 Å². The first-order valence-corrected chi connectivity index (χ1v) is 8.21. The molecule has 0 spiro atoms. The number of nitrogens with two attached hydrogens (primary N) is 1. The second-order valence-corrected chi connectivity index (χ2v) is 6.65. The summed E-state index contributed by atoms with van der Waals surface area (Å²) in [6.45, 7) is 7.31. The molecule has 0 amide bonds. The molecule has 1 aliphatic heterocycles. The van der Waals surface area contributed by atoms with E-state index in [4.69, 9.17) is 5.73 Å². The van der Waals surface area contributed by atoms with Crippen LogP contribution < -0.4 is 10.6 Å². The fourth-order valence-corrected chi connectivity index (χ4v) is 4.07. The van der Waals surface area contributed by atoms with Crippen molar-refractivity contribution in [2.24, 2.45) is 11.7 Å². The highest BCUT2D eigenvalue weighted by molar-refractivity contribution is 5.29. The Morgan fingerprint density at radius 2 is 1.95 bits per heavy atom. The Kier molecular flexibility index (Phi) is 4.40. The molecule has 2 heterocycles. The van der Waals surface area contributed by atoms with Crippen molar-refractivity contribution in [3.8, 4) is 0 Å². The zero-order valence-corrected chi connectivity index (χ0v) is 13.0. The van der Waals surface area contributed by atoms with Gasteiger partial charge in [0.1, 0.15) is 0 Å². The highest BCUT2D eigenvalue weighted by Crippen LogP contribution is 2.36. The summed E-state index contributed by atoms with van der Waals surface area (Å²) in [5, 5.41) is 0. The van der Waals surface area contributed by atoms with E-state index in [2.05, 4.69) is 26.7 Å². The van der Waals surface area contributed by atoms with Gasteiger partial charge in [-0.15, -0.1) is 0 Å². The molecule has 1 saturated carbocycles. The van der Waals surface area contributed by atoms with Crippen molar-refractivity contribution in [2.45, 2.75) is 38.1 Å². The maximum Gasteiger partial charge on any atom is 0.225 e. The molecule has 1 aromatic heterocycles. The van der Waals surface area contributed by atoms with Gasteiger partial charge in [-0.05, 0) is 24.8 Å². The lowest BCUT2D eigenvalue weighted by Gasteiger charge is -2.50. The van der Waals surface area contributed by atoms with Crippen molar-refractivity contribution in [1.82, 2.24) is 14.9 Å². The highest BCUT2D eigenvalue weighted by Gasteiger charge is 2.40. The molecular formula is C16H27N5. The molecule has 0 aromatic carbocycles. The summed E-state index contributed by atoms with van der Waals surface area (Å²) in [4.78, 5) is 13.6. The summed E-state index contributed by atoms with van der Waals surface area (Å²) >= 11 is 0. The first-order valence-electron chi connectivity index (χ1n) is 8.21. The van der Waals surface area contributed by atoms with Gasteiger partial charge in [-0.2, -0.15) is 0 Å². The van der Waals surface area contributed by atoms with Crippen molar-refractivity contribution in [2.75, 3.05) is 37.6 Å². The Bertz CT molecular complexity index is 443. The van der Waals surface area contributed by atoms with E-state index in [9.17, 15) is 0 Å². The van der Waals surface area contributed by atoms with Crippen LogP contribution in [0.25, 0.3) is 0 Å². The lowest BCUT2D eigenvalue weighted by atomic mass is 9.75. The van der Waals surface area contributed by atoms with Gasteiger partial charge in [-0.3, -0.25) is 4.90 Å². The van der Waals surface area contributed by atoms with Crippen LogP contribution in [0, 0.1) is 5.92 Å². The molecule has 3 rings (SSSR count). The molecule has 2 atom stereocenters. The van der Waals surface area contributed by atoms with Crippen LogP contribution in [0.2, 0.25) is 0 Å². The van der Waals surface area contributed by atoms with Gasteiger partial charge in [-0.25, -0.2) is 9.97 Å². The second kappa shape index (κ2) is 6.28. The lowest BCUT2D eigenvalue weighted by Crippen LogP contribution is -2.61. The number of piperazine rings is 1. The third kappa shape index (κ3) is 3.04. The fourth-order valence-electron chi connectivity index (χ4n) is 4.07. The van der Waals surface area contributed by atoms with Gasteiger partial charge in [0.15, 0.2) is 0 Å². The first-order chi connectivity index (χ1) is 10.2. The molecule has 0 radical (unpaired) electrons. The average molecular weight is 289 g/mol. The van der Waals surface area contributed by atoms with Crippen LogP contribution in [0.15, 0.2) is 18.5 Å². The lowest BCUT2D eigenvalue weighted by molar-refractivity contribution is 0.0344. The first kappa shape index (κ1) is 14.7. The standard InChI is InChI=1S/C16H27N5/c1-14-4-2-5-16(12-14,13-17)21-10-8-20(9-11-21)15-18-6-3-7-19-15/h3,6-7,14H,2,4-5,8-13,17H2,1H3. The summed E-state index contributed by atoms with van der Waals surface area (Å²) in [5.41, 5.74) is 6.43. The third-order valence-corrected chi connectivity index (χ3v) is 5.23. The summed E-state index contributed by atoms with van der Waals surface area (Å²) in [6, 6.07) is 1.87. The molecule has 5 nitrogen and oxygen atoms in total. The SMILES string of the molecule is CC1CCCC(CN)(N2CCN(c3ncccn3)CC2)C1. The summed E-state index contributed by atoms with van der Waals surface area (Å²) in [6.07, 6.45) is 8.83. The minimum absolute atomic E-state index is 0.237. The van der Waals surface area contributed by atoms with Crippen LogP contribution in [0.4, 0.5) is 5.95 Å². The van der Waals surface area contributed by atoms with Crippen LogP contribution in [0.5, 0.6) is 0 Å². The third-order valence-electron chi connectivity index (χ3n) is 5.23. The van der Waals surface area contributed by atoms with Gasteiger partial charge in [0.05, 0.1) is 0 Å². The summed E-state index contributed by atoms with van der Waals surface area (Å²) in [5.74, 6) is 1.66. The molecule has 5 heteroatoms. The van der Waals surface area contributed by atoms with Crippen LogP contribution in [0.3, 0.4) is 0 Å². The van der Waals surface area contributed by atoms with E-state index < -0.39 is 0 Å². The van der Waals surface area contributed by atoms with E-state index in [-0.39, 0.29) is 5.54 Å². The van der Waals surface area contributed by atoms with Gasteiger partial charge < -0.3 is 10.6 Å². The van der Waals surface area contributed by atoms with Crippen molar-refractivity contribution < 1.29 is 0 Å². The van der Waals surface area contributed by atoms with Crippen molar-refractivity contribution in [3.05, 3.63) is 18.5 Å². The maximum absolute atomic E-state index is 6.20. The number of rotatable bonds is 3. The smallest absolute Gasteiger partial charge is 0.225 e. The quantitative estimate of drug-likeness (QED) is 0.914. The van der Waals surface area contributed by atoms with E-state index in [1.807, 2.05) is 18.5 Å². The van der Waals surface area contributed by atoms with E-state index in [0.29, 0.717) is 0 Å². The molecule has 1 aliphatic carbocycles. The van der Waals surface area contributed by atoms with Gasteiger partial charge in [0, 0.05) is 50.7 Å². The normalized spacial score (nSPS) is 31.3. The van der Waals surface area contributed by atoms with Gasteiger partial charge in [-0.1, -0.05) is 19.8 Å². The fraction of sp³-hybridized carbons (Fsp3) is 0.750. The molecule has 1 aromatic rings. The Morgan fingerprint density at radius 3 is 2.57 bits per heavy atom. The van der Waals surface area contributed by atoms with Crippen LogP contribution in [-0.4, -0.2) is 53.1 Å². The van der Waals surface area contributed by atoms with Gasteiger partial charge in [0.2, 0.25) is 5.95 Å². The largest absolute Gasteiger partial charge is 0.338 e. The van der Waals surface area contributed by atoms with E-state index in [0.717, 1.165) is 44.6 Å². The number of hydrogen-bond acceptors (Lipinski definition) is 5. The number of aromatic nitrogens is 2. The second-order valence-electron chi connectivity index (χ2n) is 6.65. The molecule has 116 valence electrons. The molecule has 1 saturated heterocycles. The van der Waals surface area contributed by atoms with Crippen LogP contribution in [-0.2, 0) is 0 Å². The van der Waals surface area contributed by atoms with Crippen LogP contribution in [0.1, 0.15) is 32.6 Å². The Balaban J connectivity index is 1.64. The molecule has 0 bridgehead atoms. The number of nitrogens with zero attached hydrogens (tertiary/aromatic N) is 4. The summed E-state index contributed by atoms with van der Waals surface area (Å²) in [7, 11) is 0. The minimum Gasteiger partial charge on any atom is -0.338 e. The van der Waals surface area contributed by atoms with Gasteiger partial charge in [0.25, 0.3) is 0 Å². The molecular weight excluding hydrogens is 262 g/mol. The predicted molar refractivity (Wildman–Crippen MR) is 85.2 cm³/mol. The summed E-state index contributed by atoms with van der Waals surface area (Å²) < 4.78 is 0. The molecule has 21 heavy (non-hydrogen) atoms. The number of hydrogen-bond donors (Lipinski definition) is 1. The predicted octanol–water partition coefficient (Wildman–Crippen LogP) is 1.51. The van der Waals surface area contributed by atoms with E-state index in [1.165, 1.54) is 25.7 Å². The van der Waals surface area contributed by atoms with Crippen molar-refractivity contribution >= 4 is 5.95 Å². The Morgan fingerprint density at radius 1 is 1.24 bits per heavy atom. The Labute approximate surface area is 127 Å². The molecule has 2 unspecified atom stereocenters.